The summed E-state index contributed by atoms with van der Waals surface area (Å²) in [5.74, 6) is 0. The van der Waals surface area contributed by atoms with Crippen LogP contribution in [-0.4, -0.2) is 49.3 Å². The molecular formula is C15H32O4. The van der Waals surface area contributed by atoms with E-state index in [1.165, 1.54) is 6.42 Å². The van der Waals surface area contributed by atoms with Crippen LogP contribution in [0.15, 0.2) is 0 Å². The molecule has 0 saturated carbocycles. The fraction of sp³-hybridized carbons (Fsp3) is 1.00. The molecule has 0 amide bonds. The van der Waals surface area contributed by atoms with E-state index in [1.54, 1.807) is 6.92 Å². The van der Waals surface area contributed by atoms with E-state index >= 15 is 0 Å². The lowest BCUT2D eigenvalue weighted by atomic mass is 10.1. The maximum atomic E-state index is 9.15. The SMILES string of the molecule is CCCCC(OCC)C(C)OCC(C)OCC(C)O. The third-order valence-electron chi connectivity index (χ3n) is 2.96. The molecule has 0 fully saturated rings. The zero-order valence-corrected chi connectivity index (χ0v) is 13.2. The lowest BCUT2D eigenvalue weighted by Crippen LogP contribution is -2.32. The Hall–Kier alpha value is -0.160. The van der Waals surface area contributed by atoms with Gasteiger partial charge in [0.25, 0.3) is 0 Å². The van der Waals surface area contributed by atoms with Crippen LogP contribution in [0.2, 0.25) is 0 Å². The van der Waals surface area contributed by atoms with Crippen LogP contribution in [0.3, 0.4) is 0 Å². The van der Waals surface area contributed by atoms with Crippen LogP contribution in [0.4, 0.5) is 0 Å². The molecule has 4 unspecified atom stereocenters. The van der Waals surface area contributed by atoms with Crippen molar-refractivity contribution < 1.29 is 19.3 Å². The van der Waals surface area contributed by atoms with Crippen molar-refractivity contribution in [2.45, 2.75) is 78.3 Å². The maximum Gasteiger partial charge on any atom is 0.0833 e. The summed E-state index contributed by atoms with van der Waals surface area (Å²) in [5, 5.41) is 9.15. The summed E-state index contributed by atoms with van der Waals surface area (Å²) >= 11 is 0. The Morgan fingerprint density at radius 3 is 2.16 bits per heavy atom. The zero-order valence-electron chi connectivity index (χ0n) is 13.2. The monoisotopic (exact) mass is 276 g/mol. The highest BCUT2D eigenvalue weighted by Crippen LogP contribution is 2.13. The predicted molar refractivity (Wildman–Crippen MR) is 77.4 cm³/mol. The number of hydrogen-bond donors (Lipinski definition) is 1. The molecule has 116 valence electrons. The van der Waals surface area contributed by atoms with Crippen molar-refractivity contribution in [1.82, 2.24) is 0 Å². The first-order valence-electron chi connectivity index (χ1n) is 7.54. The molecule has 0 aliphatic rings. The molecule has 0 aliphatic heterocycles. The highest BCUT2D eigenvalue weighted by molar-refractivity contribution is 4.67. The number of aliphatic hydroxyl groups is 1. The van der Waals surface area contributed by atoms with Crippen LogP contribution in [0.1, 0.15) is 53.9 Å². The zero-order chi connectivity index (χ0) is 14.7. The summed E-state index contributed by atoms with van der Waals surface area (Å²) in [7, 11) is 0. The van der Waals surface area contributed by atoms with Gasteiger partial charge in [0.1, 0.15) is 0 Å². The van der Waals surface area contributed by atoms with Gasteiger partial charge in [0.05, 0.1) is 37.6 Å². The van der Waals surface area contributed by atoms with E-state index in [1.807, 2.05) is 13.8 Å². The van der Waals surface area contributed by atoms with E-state index in [0.29, 0.717) is 13.2 Å². The van der Waals surface area contributed by atoms with Crippen LogP contribution in [0.25, 0.3) is 0 Å². The quantitative estimate of drug-likeness (QED) is 0.595. The van der Waals surface area contributed by atoms with Crippen molar-refractivity contribution in [1.29, 1.82) is 0 Å². The van der Waals surface area contributed by atoms with E-state index in [0.717, 1.165) is 19.4 Å². The van der Waals surface area contributed by atoms with Gasteiger partial charge in [0, 0.05) is 6.61 Å². The molecule has 0 rings (SSSR count). The van der Waals surface area contributed by atoms with Crippen LogP contribution in [-0.2, 0) is 14.2 Å². The predicted octanol–water partition coefficient (Wildman–Crippen LogP) is 2.77. The molecule has 0 heterocycles. The molecule has 0 aromatic carbocycles. The van der Waals surface area contributed by atoms with Gasteiger partial charge in [-0.1, -0.05) is 19.8 Å². The Morgan fingerprint density at radius 2 is 1.63 bits per heavy atom. The summed E-state index contributed by atoms with van der Waals surface area (Å²) in [6, 6.07) is 0. The smallest absolute Gasteiger partial charge is 0.0833 e. The van der Waals surface area contributed by atoms with Crippen molar-refractivity contribution in [3.8, 4) is 0 Å². The Balaban J connectivity index is 3.92. The molecule has 4 atom stereocenters. The first-order valence-corrected chi connectivity index (χ1v) is 7.54. The number of unbranched alkanes of at least 4 members (excludes halogenated alkanes) is 1. The second kappa shape index (κ2) is 11.6. The lowest BCUT2D eigenvalue weighted by molar-refractivity contribution is -0.0989. The van der Waals surface area contributed by atoms with Gasteiger partial charge in [-0.3, -0.25) is 0 Å². The molecule has 19 heavy (non-hydrogen) atoms. The van der Waals surface area contributed by atoms with Crippen molar-refractivity contribution in [3.05, 3.63) is 0 Å². The van der Waals surface area contributed by atoms with Gasteiger partial charge in [-0.25, -0.2) is 0 Å². The molecule has 4 nitrogen and oxygen atoms in total. The Kier molecular flexibility index (Phi) is 11.6. The molecule has 0 aromatic heterocycles. The molecule has 0 aliphatic carbocycles. The van der Waals surface area contributed by atoms with Gasteiger partial charge in [-0.2, -0.15) is 0 Å². The minimum absolute atomic E-state index is 0.00879. The highest BCUT2D eigenvalue weighted by atomic mass is 16.6. The average Bonchev–Trinajstić information content (AvgIpc) is 2.38. The molecule has 4 heteroatoms. The molecule has 0 aromatic rings. The normalized spacial score (nSPS) is 18.0. The van der Waals surface area contributed by atoms with E-state index in [9.17, 15) is 0 Å². The summed E-state index contributed by atoms with van der Waals surface area (Å²) in [5.41, 5.74) is 0. The van der Waals surface area contributed by atoms with Crippen molar-refractivity contribution in [2.24, 2.45) is 0 Å². The number of hydrogen-bond acceptors (Lipinski definition) is 4. The van der Waals surface area contributed by atoms with Crippen LogP contribution < -0.4 is 0 Å². The van der Waals surface area contributed by atoms with E-state index in [-0.39, 0.29) is 18.3 Å². The Labute approximate surface area is 118 Å². The Bertz CT molecular complexity index is 197. The van der Waals surface area contributed by atoms with Gasteiger partial charge in [0.15, 0.2) is 0 Å². The first kappa shape index (κ1) is 18.8. The minimum Gasteiger partial charge on any atom is -0.391 e. The second-order valence-corrected chi connectivity index (χ2v) is 5.17. The van der Waals surface area contributed by atoms with Gasteiger partial charge in [0.2, 0.25) is 0 Å². The fourth-order valence-electron chi connectivity index (χ4n) is 1.82. The first-order chi connectivity index (χ1) is 9.01. The largest absolute Gasteiger partial charge is 0.391 e. The van der Waals surface area contributed by atoms with Gasteiger partial charge < -0.3 is 19.3 Å². The van der Waals surface area contributed by atoms with Gasteiger partial charge in [-0.05, 0) is 34.1 Å². The number of ether oxygens (including phenoxy) is 3. The second-order valence-electron chi connectivity index (χ2n) is 5.17. The summed E-state index contributed by atoms with van der Waals surface area (Å²) in [4.78, 5) is 0. The molecule has 0 bridgehead atoms. The lowest BCUT2D eigenvalue weighted by Gasteiger charge is -2.25. The maximum absolute atomic E-state index is 9.15. The Morgan fingerprint density at radius 1 is 0.947 bits per heavy atom. The fourth-order valence-corrected chi connectivity index (χ4v) is 1.82. The number of aliphatic hydroxyl groups excluding tert-OH is 1. The third kappa shape index (κ3) is 10.3. The molecule has 1 N–H and O–H groups in total. The van der Waals surface area contributed by atoms with Gasteiger partial charge in [-0.15, -0.1) is 0 Å². The van der Waals surface area contributed by atoms with Gasteiger partial charge >= 0.3 is 0 Å². The molecule has 0 saturated heterocycles. The van der Waals surface area contributed by atoms with E-state index < -0.39 is 6.10 Å². The summed E-state index contributed by atoms with van der Waals surface area (Å²) < 4.78 is 17.0. The minimum atomic E-state index is -0.430. The third-order valence-corrected chi connectivity index (χ3v) is 2.96. The summed E-state index contributed by atoms with van der Waals surface area (Å²) in [6.07, 6.45) is 3.16. The molecular weight excluding hydrogens is 244 g/mol. The highest BCUT2D eigenvalue weighted by Gasteiger charge is 2.18. The molecule has 0 radical (unpaired) electrons. The van der Waals surface area contributed by atoms with Crippen LogP contribution >= 0.6 is 0 Å². The van der Waals surface area contributed by atoms with Crippen LogP contribution in [0.5, 0.6) is 0 Å². The summed E-state index contributed by atoms with van der Waals surface area (Å²) in [6.45, 7) is 11.5. The van der Waals surface area contributed by atoms with Crippen molar-refractivity contribution >= 4 is 0 Å². The number of rotatable bonds is 12. The van der Waals surface area contributed by atoms with E-state index in [4.69, 9.17) is 19.3 Å². The topological polar surface area (TPSA) is 47.9 Å². The molecule has 0 spiro atoms. The van der Waals surface area contributed by atoms with Crippen molar-refractivity contribution in [2.75, 3.05) is 19.8 Å². The standard InChI is InChI=1S/C15H32O4/c1-6-8-9-15(17-7-2)14(5)19-11-13(4)18-10-12(3)16/h12-16H,6-11H2,1-5H3. The average molecular weight is 276 g/mol. The van der Waals surface area contributed by atoms with E-state index in [2.05, 4.69) is 13.8 Å². The van der Waals surface area contributed by atoms with Crippen LogP contribution in [0, 0.1) is 0 Å². The van der Waals surface area contributed by atoms with Crippen molar-refractivity contribution in [3.63, 3.8) is 0 Å².